The topological polar surface area (TPSA) is 65.1 Å². The molecular weight excluding hydrogens is 358 g/mol. The van der Waals surface area contributed by atoms with Crippen LogP contribution in [0.1, 0.15) is 30.9 Å². The SMILES string of the molecule is COc1ccc(OCC(=O)O[C@@H](C(=O)N2CCCCC2)c2ccccc2)cc1. The third kappa shape index (κ3) is 5.25. The first-order valence-electron chi connectivity index (χ1n) is 9.47. The van der Waals surface area contributed by atoms with Gasteiger partial charge < -0.3 is 19.1 Å². The minimum atomic E-state index is -0.953. The Morgan fingerprint density at radius 2 is 1.57 bits per heavy atom. The molecule has 1 amide bonds. The monoisotopic (exact) mass is 383 g/mol. The van der Waals surface area contributed by atoms with Gasteiger partial charge in [-0.1, -0.05) is 30.3 Å². The number of methoxy groups -OCH3 is 1. The van der Waals surface area contributed by atoms with E-state index in [1.165, 1.54) is 0 Å². The summed E-state index contributed by atoms with van der Waals surface area (Å²) in [5.41, 5.74) is 0.663. The Hall–Kier alpha value is -3.02. The van der Waals surface area contributed by atoms with Gasteiger partial charge in [-0.05, 0) is 43.5 Å². The summed E-state index contributed by atoms with van der Waals surface area (Å²) in [5.74, 6) is 0.460. The van der Waals surface area contributed by atoms with Gasteiger partial charge in [-0.2, -0.15) is 0 Å². The van der Waals surface area contributed by atoms with Crippen molar-refractivity contribution >= 4 is 11.9 Å². The van der Waals surface area contributed by atoms with Crippen LogP contribution in [0.15, 0.2) is 54.6 Å². The summed E-state index contributed by atoms with van der Waals surface area (Å²) in [6, 6.07) is 16.0. The summed E-state index contributed by atoms with van der Waals surface area (Å²) >= 11 is 0. The fourth-order valence-electron chi connectivity index (χ4n) is 3.15. The van der Waals surface area contributed by atoms with Crippen LogP contribution in [0.5, 0.6) is 11.5 Å². The standard InChI is InChI=1S/C22H25NO5/c1-26-18-10-12-19(13-11-18)27-16-20(24)28-21(17-8-4-2-5-9-17)22(25)23-14-6-3-7-15-23/h2,4-5,8-13,21H,3,6-7,14-16H2,1H3/t21-/m1/s1. The van der Waals surface area contributed by atoms with E-state index in [-0.39, 0.29) is 12.5 Å². The summed E-state index contributed by atoms with van der Waals surface area (Å²) < 4.78 is 16.1. The molecule has 6 heteroatoms. The Kier molecular flexibility index (Phi) is 6.89. The summed E-state index contributed by atoms with van der Waals surface area (Å²) in [4.78, 5) is 27.1. The number of piperidine rings is 1. The molecule has 1 heterocycles. The average Bonchev–Trinajstić information content (AvgIpc) is 2.77. The number of likely N-dealkylation sites (tertiary alicyclic amines) is 1. The lowest BCUT2D eigenvalue weighted by molar-refractivity contribution is -0.163. The molecule has 0 unspecified atom stereocenters. The molecule has 1 atom stereocenters. The van der Waals surface area contributed by atoms with E-state index in [0.717, 1.165) is 19.3 Å². The van der Waals surface area contributed by atoms with Crippen LogP contribution >= 0.6 is 0 Å². The van der Waals surface area contributed by atoms with Crippen molar-refractivity contribution in [3.05, 3.63) is 60.2 Å². The highest BCUT2D eigenvalue weighted by molar-refractivity contribution is 5.85. The number of hydrogen-bond acceptors (Lipinski definition) is 5. The van der Waals surface area contributed by atoms with Crippen LogP contribution in [0.25, 0.3) is 0 Å². The van der Waals surface area contributed by atoms with E-state index in [2.05, 4.69) is 0 Å². The summed E-state index contributed by atoms with van der Waals surface area (Å²) in [5, 5.41) is 0. The summed E-state index contributed by atoms with van der Waals surface area (Å²) in [6.45, 7) is 1.12. The molecule has 0 N–H and O–H groups in total. The molecular formula is C22H25NO5. The molecule has 6 nitrogen and oxygen atoms in total. The van der Waals surface area contributed by atoms with Gasteiger partial charge in [-0.25, -0.2) is 4.79 Å². The normalized spacial score (nSPS) is 14.8. The van der Waals surface area contributed by atoms with Gasteiger partial charge in [-0.3, -0.25) is 4.79 Å². The number of nitrogens with zero attached hydrogens (tertiary/aromatic N) is 1. The van der Waals surface area contributed by atoms with Crippen LogP contribution in [-0.2, 0) is 14.3 Å². The van der Waals surface area contributed by atoms with Crippen molar-refractivity contribution in [3.63, 3.8) is 0 Å². The lowest BCUT2D eigenvalue weighted by atomic mass is 10.1. The molecule has 148 valence electrons. The van der Waals surface area contributed by atoms with Crippen molar-refractivity contribution in [2.45, 2.75) is 25.4 Å². The van der Waals surface area contributed by atoms with Crippen LogP contribution in [0.4, 0.5) is 0 Å². The van der Waals surface area contributed by atoms with Gasteiger partial charge in [0.05, 0.1) is 7.11 Å². The smallest absolute Gasteiger partial charge is 0.345 e. The number of ether oxygens (including phenoxy) is 3. The van der Waals surface area contributed by atoms with Crippen LogP contribution in [-0.4, -0.2) is 43.6 Å². The van der Waals surface area contributed by atoms with E-state index < -0.39 is 12.1 Å². The Labute approximate surface area is 165 Å². The number of benzene rings is 2. The van der Waals surface area contributed by atoms with Crippen molar-refractivity contribution in [2.24, 2.45) is 0 Å². The van der Waals surface area contributed by atoms with E-state index in [4.69, 9.17) is 14.2 Å². The number of hydrogen-bond donors (Lipinski definition) is 0. The second kappa shape index (κ2) is 9.78. The van der Waals surface area contributed by atoms with Gasteiger partial charge in [0.1, 0.15) is 11.5 Å². The maximum Gasteiger partial charge on any atom is 0.345 e. The first-order chi connectivity index (χ1) is 13.7. The van der Waals surface area contributed by atoms with Gasteiger partial charge in [0, 0.05) is 18.7 Å². The van der Waals surface area contributed by atoms with Crippen molar-refractivity contribution < 1.29 is 23.8 Å². The molecule has 3 rings (SSSR count). The Morgan fingerprint density at radius 1 is 0.929 bits per heavy atom. The van der Waals surface area contributed by atoms with Gasteiger partial charge in [0.25, 0.3) is 5.91 Å². The predicted molar refractivity (Wildman–Crippen MR) is 104 cm³/mol. The molecule has 0 aromatic heterocycles. The molecule has 0 bridgehead atoms. The molecule has 1 aliphatic heterocycles. The fraction of sp³-hybridized carbons (Fsp3) is 0.364. The van der Waals surface area contributed by atoms with Crippen molar-refractivity contribution in [1.29, 1.82) is 0 Å². The highest BCUT2D eigenvalue weighted by Crippen LogP contribution is 2.23. The quantitative estimate of drug-likeness (QED) is 0.686. The third-order valence-electron chi connectivity index (χ3n) is 4.66. The third-order valence-corrected chi connectivity index (χ3v) is 4.66. The lowest BCUT2D eigenvalue weighted by Crippen LogP contribution is -2.40. The second-order valence-electron chi connectivity index (χ2n) is 6.63. The molecule has 0 spiro atoms. The molecule has 0 saturated carbocycles. The largest absolute Gasteiger partial charge is 0.497 e. The zero-order chi connectivity index (χ0) is 19.8. The first kappa shape index (κ1) is 19.7. The number of carbonyl (C=O) groups is 2. The van der Waals surface area contributed by atoms with Crippen LogP contribution in [0, 0.1) is 0 Å². The molecule has 1 aliphatic rings. The molecule has 28 heavy (non-hydrogen) atoms. The maximum absolute atomic E-state index is 13.0. The van der Waals surface area contributed by atoms with Gasteiger partial charge in [-0.15, -0.1) is 0 Å². The van der Waals surface area contributed by atoms with Gasteiger partial charge >= 0.3 is 5.97 Å². The van der Waals surface area contributed by atoms with E-state index in [9.17, 15) is 9.59 Å². The Bertz CT molecular complexity index is 769. The van der Waals surface area contributed by atoms with E-state index >= 15 is 0 Å². The highest BCUT2D eigenvalue weighted by atomic mass is 16.6. The van der Waals surface area contributed by atoms with Crippen molar-refractivity contribution in [3.8, 4) is 11.5 Å². The number of amides is 1. The predicted octanol–water partition coefficient (Wildman–Crippen LogP) is 3.37. The summed E-state index contributed by atoms with van der Waals surface area (Å²) in [6.07, 6.45) is 2.12. The van der Waals surface area contributed by atoms with Crippen molar-refractivity contribution in [2.75, 3.05) is 26.8 Å². The Balaban J connectivity index is 1.64. The van der Waals surface area contributed by atoms with Crippen molar-refractivity contribution in [1.82, 2.24) is 4.90 Å². The average molecular weight is 383 g/mol. The lowest BCUT2D eigenvalue weighted by Gasteiger charge is -2.30. The molecule has 2 aromatic carbocycles. The van der Waals surface area contributed by atoms with Crippen LogP contribution in [0.2, 0.25) is 0 Å². The minimum Gasteiger partial charge on any atom is -0.497 e. The first-order valence-corrected chi connectivity index (χ1v) is 9.47. The zero-order valence-electron chi connectivity index (χ0n) is 16.0. The molecule has 0 radical (unpaired) electrons. The minimum absolute atomic E-state index is 0.177. The van der Waals surface area contributed by atoms with E-state index in [1.54, 1.807) is 48.4 Å². The van der Waals surface area contributed by atoms with Gasteiger partial charge in [0.2, 0.25) is 6.10 Å². The van der Waals surface area contributed by atoms with Gasteiger partial charge in [0.15, 0.2) is 6.61 Å². The number of carbonyl (C=O) groups excluding carboxylic acids is 2. The molecule has 2 aromatic rings. The molecule has 1 saturated heterocycles. The summed E-state index contributed by atoms with van der Waals surface area (Å²) in [7, 11) is 1.58. The van der Waals surface area contributed by atoms with Crippen LogP contribution < -0.4 is 9.47 Å². The van der Waals surface area contributed by atoms with E-state index in [0.29, 0.717) is 30.2 Å². The molecule has 0 aliphatic carbocycles. The zero-order valence-corrected chi connectivity index (χ0v) is 16.0. The Morgan fingerprint density at radius 3 is 2.21 bits per heavy atom. The van der Waals surface area contributed by atoms with Crippen LogP contribution in [0.3, 0.4) is 0 Å². The fourth-order valence-corrected chi connectivity index (χ4v) is 3.15. The van der Waals surface area contributed by atoms with E-state index in [1.807, 2.05) is 18.2 Å². The number of rotatable bonds is 7. The maximum atomic E-state index is 13.0. The molecule has 1 fully saturated rings. The highest BCUT2D eigenvalue weighted by Gasteiger charge is 2.30. The second-order valence-corrected chi connectivity index (χ2v) is 6.63. The number of esters is 1.